The van der Waals surface area contributed by atoms with Crippen LogP contribution in [0.4, 0.5) is 17.3 Å². The molecule has 0 saturated carbocycles. The number of imidazole rings is 1. The fraction of sp³-hybridized carbons (Fsp3) is 0.333. The zero-order valence-corrected chi connectivity index (χ0v) is 13.2. The molecule has 23 heavy (non-hydrogen) atoms. The SMILES string of the molecule is CC(C)C(=O)Nc1cccc(CNc2c([N+](=O)[O-])ncn2C)c1. The number of aryl methyl sites for hydroxylation is 1. The zero-order valence-electron chi connectivity index (χ0n) is 13.2. The molecule has 0 radical (unpaired) electrons. The van der Waals surface area contributed by atoms with Gasteiger partial charge in [-0.15, -0.1) is 0 Å². The average molecular weight is 317 g/mol. The normalized spacial score (nSPS) is 10.6. The van der Waals surface area contributed by atoms with Crippen molar-refractivity contribution in [3.63, 3.8) is 0 Å². The molecule has 2 rings (SSSR count). The molecule has 0 spiro atoms. The highest BCUT2D eigenvalue weighted by Gasteiger charge is 2.19. The van der Waals surface area contributed by atoms with Crippen LogP contribution in [-0.4, -0.2) is 20.4 Å². The van der Waals surface area contributed by atoms with Crippen molar-refractivity contribution in [2.75, 3.05) is 10.6 Å². The summed E-state index contributed by atoms with van der Waals surface area (Å²) in [6, 6.07) is 7.33. The minimum absolute atomic E-state index is 0.0580. The second kappa shape index (κ2) is 6.91. The van der Waals surface area contributed by atoms with Crippen molar-refractivity contribution in [3.05, 3.63) is 46.3 Å². The minimum atomic E-state index is -0.526. The molecule has 2 aromatic rings. The van der Waals surface area contributed by atoms with Gasteiger partial charge in [-0.25, -0.2) is 0 Å². The summed E-state index contributed by atoms with van der Waals surface area (Å²) in [5, 5.41) is 16.8. The lowest BCUT2D eigenvalue weighted by molar-refractivity contribution is -0.388. The van der Waals surface area contributed by atoms with E-state index >= 15 is 0 Å². The van der Waals surface area contributed by atoms with E-state index in [0.717, 1.165) is 5.56 Å². The summed E-state index contributed by atoms with van der Waals surface area (Å²) in [7, 11) is 1.68. The molecule has 0 unspecified atom stereocenters. The molecule has 0 aliphatic carbocycles. The number of benzene rings is 1. The lowest BCUT2D eigenvalue weighted by Crippen LogP contribution is -2.17. The quantitative estimate of drug-likeness (QED) is 0.629. The summed E-state index contributed by atoms with van der Waals surface area (Å²) in [6.45, 7) is 4.02. The number of carbonyl (C=O) groups is 1. The fourth-order valence-electron chi connectivity index (χ4n) is 1.99. The van der Waals surface area contributed by atoms with E-state index in [1.807, 2.05) is 32.0 Å². The molecule has 122 valence electrons. The largest absolute Gasteiger partial charge is 0.406 e. The number of anilines is 2. The molecule has 2 N–H and O–H groups in total. The van der Waals surface area contributed by atoms with Crippen molar-refractivity contribution >= 4 is 23.2 Å². The smallest absolute Gasteiger partial charge is 0.360 e. The molecular weight excluding hydrogens is 298 g/mol. The van der Waals surface area contributed by atoms with Gasteiger partial charge in [0.2, 0.25) is 18.1 Å². The van der Waals surface area contributed by atoms with Gasteiger partial charge in [-0.3, -0.25) is 9.36 Å². The first-order valence-electron chi connectivity index (χ1n) is 7.18. The molecule has 1 aromatic carbocycles. The van der Waals surface area contributed by atoms with E-state index in [9.17, 15) is 14.9 Å². The van der Waals surface area contributed by atoms with E-state index in [1.54, 1.807) is 17.7 Å². The molecule has 1 amide bonds. The average Bonchev–Trinajstić information content (AvgIpc) is 2.86. The van der Waals surface area contributed by atoms with Gasteiger partial charge >= 0.3 is 5.82 Å². The summed E-state index contributed by atoms with van der Waals surface area (Å²) in [5.74, 6) is -0.0327. The third-order valence-corrected chi connectivity index (χ3v) is 3.27. The Hall–Kier alpha value is -2.90. The van der Waals surface area contributed by atoms with Gasteiger partial charge in [-0.1, -0.05) is 26.0 Å². The number of hydrogen-bond donors (Lipinski definition) is 2. The maximum Gasteiger partial charge on any atom is 0.406 e. The number of nitrogens with one attached hydrogen (secondary N) is 2. The van der Waals surface area contributed by atoms with E-state index < -0.39 is 4.92 Å². The molecule has 8 heteroatoms. The maximum atomic E-state index is 11.7. The first-order valence-corrected chi connectivity index (χ1v) is 7.18. The van der Waals surface area contributed by atoms with Crippen LogP contribution in [0.5, 0.6) is 0 Å². The Morgan fingerprint density at radius 3 is 2.83 bits per heavy atom. The molecular formula is C15H19N5O3. The minimum Gasteiger partial charge on any atom is -0.360 e. The monoisotopic (exact) mass is 317 g/mol. The summed E-state index contributed by atoms with van der Waals surface area (Å²) in [6.07, 6.45) is 1.39. The van der Waals surface area contributed by atoms with Crippen LogP contribution in [0.2, 0.25) is 0 Å². The fourth-order valence-corrected chi connectivity index (χ4v) is 1.99. The van der Waals surface area contributed by atoms with Crippen LogP contribution in [0.25, 0.3) is 0 Å². The van der Waals surface area contributed by atoms with E-state index in [4.69, 9.17) is 0 Å². The number of carbonyl (C=O) groups excluding carboxylic acids is 1. The molecule has 0 aliphatic heterocycles. The Morgan fingerprint density at radius 1 is 1.43 bits per heavy atom. The van der Waals surface area contributed by atoms with Crippen molar-refractivity contribution in [1.82, 2.24) is 9.55 Å². The first kappa shape index (κ1) is 16.5. The van der Waals surface area contributed by atoms with Gasteiger partial charge < -0.3 is 20.7 Å². The standard InChI is InChI=1S/C15H19N5O3/c1-10(2)15(21)18-12-6-4-5-11(7-12)8-16-13-14(20(22)23)17-9-19(13)3/h4-7,9-10,16H,8H2,1-3H3,(H,18,21). The molecule has 0 atom stereocenters. The van der Waals surface area contributed by atoms with Crippen molar-refractivity contribution < 1.29 is 9.72 Å². The van der Waals surface area contributed by atoms with E-state index in [-0.39, 0.29) is 17.6 Å². The second-order valence-electron chi connectivity index (χ2n) is 5.48. The Bertz CT molecular complexity index is 724. The lowest BCUT2D eigenvalue weighted by atomic mass is 10.1. The zero-order chi connectivity index (χ0) is 17.0. The van der Waals surface area contributed by atoms with Crippen LogP contribution in [0.15, 0.2) is 30.6 Å². The lowest BCUT2D eigenvalue weighted by Gasteiger charge is -2.10. The molecule has 8 nitrogen and oxygen atoms in total. The predicted octanol–water partition coefficient (Wildman–Crippen LogP) is 2.53. The van der Waals surface area contributed by atoms with Crippen molar-refractivity contribution in [1.29, 1.82) is 0 Å². The summed E-state index contributed by atoms with van der Waals surface area (Å²) in [4.78, 5) is 25.9. The Labute approximate surface area is 133 Å². The van der Waals surface area contributed by atoms with Crippen LogP contribution >= 0.6 is 0 Å². The highest BCUT2D eigenvalue weighted by molar-refractivity contribution is 5.92. The third kappa shape index (κ3) is 4.06. The van der Waals surface area contributed by atoms with Gasteiger partial charge in [0.15, 0.2) is 0 Å². The molecule has 0 saturated heterocycles. The second-order valence-corrected chi connectivity index (χ2v) is 5.48. The molecule has 1 heterocycles. The molecule has 0 bridgehead atoms. The van der Waals surface area contributed by atoms with E-state index in [0.29, 0.717) is 18.1 Å². The number of amides is 1. The van der Waals surface area contributed by atoms with Gasteiger partial charge in [0.05, 0.1) is 0 Å². The molecule has 1 aromatic heterocycles. The van der Waals surface area contributed by atoms with Gasteiger partial charge in [0, 0.05) is 25.2 Å². The van der Waals surface area contributed by atoms with Gasteiger partial charge in [-0.2, -0.15) is 0 Å². The Balaban J connectivity index is 2.08. The van der Waals surface area contributed by atoms with Crippen molar-refractivity contribution in [2.24, 2.45) is 13.0 Å². The topological polar surface area (TPSA) is 102 Å². The van der Waals surface area contributed by atoms with Crippen molar-refractivity contribution in [3.8, 4) is 0 Å². The Morgan fingerprint density at radius 2 is 2.17 bits per heavy atom. The van der Waals surface area contributed by atoms with E-state index in [1.165, 1.54) is 6.33 Å². The number of nitrogens with zero attached hydrogens (tertiary/aromatic N) is 3. The summed E-state index contributed by atoms with van der Waals surface area (Å²) in [5.41, 5.74) is 1.59. The van der Waals surface area contributed by atoms with Gasteiger partial charge in [-0.05, 0) is 27.6 Å². The predicted molar refractivity (Wildman–Crippen MR) is 87.1 cm³/mol. The van der Waals surface area contributed by atoms with Crippen LogP contribution in [-0.2, 0) is 18.4 Å². The van der Waals surface area contributed by atoms with Crippen LogP contribution < -0.4 is 10.6 Å². The van der Waals surface area contributed by atoms with Gasteiger partial charge in [0.25, 0.3) is 0 Å². The number of rotatable bonds is 6. The van der Waals surface area contributed by atoms with E-state index in [2.05, 4.69) is 15.6 Å². The molecule has 0 fully saturated rings. The number of hydrogen-bond acceptors (Lipinski definition) is 5. The number of nitro groups is 1. The Kier molecular flexibility index (Phi) is 4.95. The van der Waals surface area contributed by atoms with Crippen LogP contribution in [0.1, 0.15) is 19.4 Å². The van der Waals surface area contributed by atoms with Gasteiger partial charge in [0.1, 0.15) is 0 Å². The highest BCUT2D eigenvalue weighted by Crippen LogP contribution is 2.22. The number of aromatic nitrogens is 2. The van der Waals surface area contributed by atoms with Crippen LogP contribution in [0, 0.1) is 16.0 Å². The van der Waals surface area contributed by atoms with Crippen molar-refractivity contribution in [2.45, 2.75) is 20.4 Å². The van der Waals surface area contributed by atoms with Crippen LogP contribution in [0.3, 0.4) is 0 Å². The third-order valence-electron chi connectivity index (χ3n) is 3.27. The summed E-state index contributed by atoms with van der Waals surface area (Å²) < 4.78 is 1.56. The maximum absolute atomic E-state index is 11.7. The highest BCUT2D eigenvalue weighted by atomic mass is 16.6. The first-order chi connectivity index (χ1) is 10.9. The summed E-state index contributed by atoms with van der Waals surface area (Å²) >= 11 is 0. The molecule has 0 aliphatic rings.